The van der Waals surface area contributed by atoms with Crippen molar-refractivity contribution < 1.29 is 0 Å². The molecule has 0 amide bonds. The van der Waals surface area contributed by atoms with Crippen LogP contribution in [0.1, 0.15) is 20.8 Å². The van der Waals surface area contributed by atoms with Crippen molar-refractivity contribution in [2.24, 2.45) is 5.41 Å². The van der Waals surface area contributed by atoms with Gasteiger partial charge in [0.1, 0.15) is 0 Å². The summed E-state index contributed by atoms with van der Waals surface area (Å²) in [4.78, 5) is 0. The fraction of sp³-hybridized carbons (Fsp3) is 0.600. The molecule has 0 fully saturated rings. The van der Waals surface area contributed by atoms with E-state index in [1.54, 1.807) is 0 Å². The van der Waals surface area contributed by atoms with Gasteiger partial charge >= 0.3 is 0 Å². The first-order chi connectivity index (χ1) is 5.38. The van der Waals surface area contributed by atoms with Crippen molar-refractivity contribution >= 4 is 0 Å². The molecule has 0 aliphatic heterocycles. The van der Waals surface area contributed by atoms with Gasteiger partial charge < -0.3 is 10.6 Å². The largest absolute Gasteiger partial charge is 0.375 e. The standard InChI is InChI=1S/C10H20N2/c1-8(10(3,4)5)7-12-9(2)11-6/h11-12H,1-2,7H2,3-6H3. The zero-order chi connectivity index (χ0) is 9.78. The van der Waals surface area contributed by atoms with Crippen LogP contribution in [0.3, 0.4) is 0 Å². The lowest BCUT2D eigenvalue weighted by molar-refractivity contribution is 0.486. The van der Waals surface area contributed by atoms with E-state index < -0.39 is 0 Å². The van der Waals surface area contributed by atoms with E-state index in [0.717, 1.165) is 12.4 Å². The highest BCUT2D eigenvalue weighted by molar-refractivity contribution is 5.08. The molecule has 12 heavy (non-hydrogen) atoms. The molecule has 0 unspecified atom stereocenters. The highest BCUT2D eigenvalue weighted by Crippen LogP contribution is 2.22. The Morgan fingerprint density at radius 1 is 1.25 bits per heavy atom. The fourth-order valence-corrected chi connectivity index (χ4v) is 0.567. The molecule has 0 bridgehead atoms. The predicted molar refractivity (Wildman–Crippen MR) is 54.8 cm³/mol. The van der Waals surface area contributed by atoms with Crippen molar-refractivity contribution in [2.75, 3.05) is 13.6 Å². The van der Waals surface area contributed by atoms with Crippen LogP contribution >= 0.6 is 0 Å². The minimum atomic E-state index is 0.168. The summed E-state index contributed by atoms with van der Waals surface area (Å²) in [6.45, 7) is 15.0. The number of nitrogens with one attached hydrogen (secondary N) is 2. The average molecular weight is 168 g/mol. The van der Waals surface area contributed by atoms with Crippen LogP contribution in [0, 0.1) is 5.41 Å². The van der Waals surface area contributed by atoms with E-state index in [2.05, 4.69) is 44.6 Å². The molecule has 2 N–H and O–H groups in total. The zero-order valence-electron chi connectivity index (χ0n) is 8.62. The first-order valence-corrected chi connectivity index (χ1v) is 4.16. The number of rotatable bonds is 4. The van der Waals surface area contributed by atoms with Crippen LogP contribution in [0.5, 0.6) is 0 Å². The second kappa shape index (κ2) is 4.19. The lowest BCUT2D eigenvalue weighted by Crippen LogP contribution is -2.27. The maximum atomic E-state index is 4.00. The summed E-state index contributed by atoms with van der Waals surface area (Å²) in [6.07, 6.45) is 0. The average Bonchev–Trinajstić information content (AvgIpc) is 1.97. The van der Waals surface area contributed by atoms with Gasteiger partial charge in [-0.3, -0.25) is 0 Å². The van der Waals surface area contributed by atoms with Gasteiger partial charge in [0.2, 0.25) is 0 Å². The first kappa shape index (κ1) is 11.1. The van der Waals surface area contributed by atoms with E-state index in [4.69, 9.17) is 0 Å². The van der Waals surface area contributed by atoms with Crippen molar-refractivity contribution in [3.05, 3.63) is 24.6 Å². The predicted octanol–water partition coefficient (Wildman–Crippen LogP) is 1.87. The first-order valence-electron chi connectivity index (χ1n) is 4.16. The van der Waals surface area contributed by atoms with Gasteiger partial charge in [0.25, 0.3) is 0 Å². The maximum absolute atomic E-state index is 4.00. The summed E-state index contributed by atoms with van der Waals surface area (Å²) in [5, 5.41) is 6.06. The van der Waals surface area contributed by atoms with E-state index >= 15 is 0 Å². The summed E-state index contributed by atoms with van der Waals surface area (Å²) in [6, 6.07) is 0. The lowest BCUT2D eigenvalue weighted by atomic mass is 9.88. The Balaban J connectivity index is 3.81. The van der Waals surface area contributed by atoms with Crippen LogP contribution in [0.15, 0.2) is 24.6 Å². The molecule has 70 valence electrons. The smallest absolute Gasteiger partial charge is 0.0912 e. The van der Waals surface area contributed by atoms with E-state index in [1.807, 2.05) is 7.05 Å². The van der Waals surface area contributed by atoms with Crippen molar-refractivity contribution in [2.45, 2.75) is 20.8 Å². The van der Waals surface area contributed by atoms with Crippen molar-refractivity contribution in [3.63, 3.8) is 0 Å². The number of hydrogen-bond acceptors (Lipinski definition) is 2. The molecule has 0 rings (SSSR count). The van der Waals surface area contributed by atoms with Crippen molar-refractivity contribution in [3.8, 4) is 0 Å². The molecule has 2 heteroatoms. The molecule has 0 saturated carbocycles. The van der Waals surface area contributed by atoms with Crippen LogP contribution in [0.25, 0.3) is 0 Å². The Kier molecular flexibility index (Phi) is 3.87. The SMILES string of the molecule is C=C(NC)NCC(=C)C(C)(C)C. The van der Waals surface area contributed by atoms with Crippen LogP contribution in [-0.2, 0) is 0 Å². The monoisotopic (exact) mass is 168 g/mol. The molecule has 0 aromatic heterocycles. The van der Waals surface area contributed by atoms with Gasteiger partial charge in [0, 0.05) is 13.6 Å². The van der Waals surface area contributed by atoms with E-state index in [9.17, 15) is 0 Å². The van der Waals surface area contributed by atoms with Gasteiger partial charge in [-0.2, -0.15) is 0 Å². The van der Waals surface area contributed by atoms with E-state index in [1.165, 1.54) is 5.57 Å². The molecule has 0 aliphatic carbocycles. The highest BCUT2D eigenvalue weighted by atomic mass is 15.1. The maximum Gasteiger partial charge on any atom is 0.0912 e. The third kappa shape index (κ3) is 4.06. The van der Waals surface area contributed by atoms with Crippen molar-refractivity contribution in [1.82, 2.24) is 10.6 Å². The Bertz CT molecular complexity index is 175. The van der Waals surface area contributed by atoms with Gasteiger partial charge in [0.05, 0.1) is 5.82 Å². The molecule has 0 aromatic rings. The second-order valence-corrected chi connectivity index (χ2v) is 3.94. The quantitative estimate of drug-likeness (QED) is 0.626. The molecule has 0 aliphatic rings. The Morgan fingerprint density at radius 2 is 1.75 bits per heavy atom. The Morgan fingerprint density at radius 3 is 2.08 bits per heavy atom. The molecule has 0 saturated heterocycles. The lowest BCUT2D eigenvalue weighted by Gasteiger charge is -2.22. The Labute approximate surface area is 75.7 Å². The highest BCUT2D eigenvalue weighted by Gasteiger charge is 2.13. The molecule has 0 atom stereocenters. The summed E-state index contributed by atoms with van der Waals surface area (Å²) < 4.78 is 0. The van der Waals surface area contributed by atoms with Gasteiger partial charge in [-0.05, 0) is 5.41 Å². The summed E-state index contributed by atoms with van der Waals surface area (Å²) in [5.41, 5.74) is 1.35. The normalized spacial score (nSPS) is 10.7. The minimum Gasteiger partial charge on any atom is -0.375 e. The minimum absolute atomic E-state index is 0.168. The van der Waals surface area contributed by atoms with Crippen LogP contribution in [-0.4, -0.2) is 13.6 Å². The third-order valence-electron chi connectivity index (χ3n) is 1.88. The second-order valence-electron chi connectivity index (χ2n) is 3.94. The van der Waals surface area contributed by atoms with Gasteiger partial charge in [0.15, 0.2) is 0 Å². The number of hydrogen-bond donors (Lipinski definition) is 2. The Hall–Kier alpha value is -0.920. The molecular weight excluding hydrogens is 148 g/mol. The molecular formula is C10H20N2. The summed E-state index contributed by atoms with van der Waals surface area (Å²) in [7, 11) is 1.84. The molecule has 0 heterocycles. The third-order valence-corrected chi connectivity index (χ3v) is 1.88. The molecule has 0 aromatic carbocycles. The zero-order valence-corrected chi connectivity index (χ0v) is 8.62. The van der Waals surface area contributed by atoms with Crippen LogP contribution in [0.4, 0.5) is 0 Å². The van der Waals surface area contributed by atoms with Gasteiger partial charge in [-0.1, -0.05) is 39.5 Å². The molecule has 0 spiro atoms. The fourth-order valence-electron chi connectivity index (χ4n) is 0.567. The summed E-state index contributed by atoms with van der Waals surface area (Å²) >= 11 is 0. The molecule has 0 radical (unpaired) electrons. The van der Waals surface area contributed by atoms with E-state index in [0.29, 0.717) is 0 Å². The van der Waals surface area contributed by atoms with Crippen molar-refractivity contribution in [1.29, 1.82) is 0 Å². The van der Waals surface area contributed by atoms with Crippen LogP contribution in [0.2, 0.25) is 0 Å². The van der Waals surface area contributed by atoms with Crippen LogP contribution < -0.4 is 10.6 Å². The molecule has 2 nitrogen and oxygen atoms in total. The van der Waals surface area contributed by atoms with Gasteiger partial charge in [-0.25, -0.2) is 0 Å². The van der Waals surface area contributed by atoms with Gasteiger partial charge in [-0.15, -0.1) is 0 Å². The van der Waals surface area contributed by atoms with E-state index in [-0.39, 0.29) is 5.41 Å². The summed E-state index contributed by atoms with van der Waals surface area (Å²) in [5.74, 6) is 0.834. The topological polar surface area (TPSA) is 24.1 Å².